The van der Waals surface area contributed by atoms with E-state index in [2.05, 4.69) is 0 Å². The molecule has 0 bridgehead atoms. The van der Waals surface area contributed by atoms with Crippen molar-refractivity contribution in [3.8, 4) is 5.75 Å². The third-order valence-electron chi connectivity index (χ3n) is 1.34. The van der Waals surface area contributed by atoms with Crippen molar-refractivity contribution in [2.24, 2.45) is 0 Å². The van der Waals surface area contributed by atoms with Crippen molar-refractivity contribution in [2.45, 2.75) is 4.90 Å². The van der Waals surface area contributed by atoms with E-state index in [1.807, 2.05) is 0 Å². The van der Waals surface area contributed by atoms with Gasteiger partial charge in [0.2, 0.25) is 0 Å². The largest absolute Gasteiger partial charge is 1.00 e. The van der Waals surface area contributed by atoms with Gasteiger partial charge in [-0.3, -0.25) is 4.55 Å². The Morgan fingerprint density at radius 1 is 1.43 bits per heavy atom. The predicted molar refractivity (Wildman–Crippen MR) is 45.1 cm³/mol. The van der Waals surface area contributed by atoms with Crippen LogP contribution >= 0.6 is 11.6 Å². The molecule has 0 aromatic heterocycles. The van der Waals surface area contributed by atoms with Crippen LogP contribution in [0, 0.1) is 0 Å². The maximum Gasteiger partial charge on any atom is 1.00 e. The van der Waals surface area contributed by atoms with Crippen LogP contribution in [0.4, 0.5) is 5.69 Å². The first-order chi connectivity index (χ1) is 5.82. The van der Waals surface area contributed by atoms with Gasteiger partial charge in [0, 0.05) is 0 Å². The second kappa shape index (κ2) is 5.13. The number of rotatable bonds is 1. The Morgan fingerprint density at radius 2 is 1.93 bits per heavy atom. The second-order valence-electron chi connectivity index (χ2n) is 2.30. The third-order valence-corrected chi connectivity index (χ3v) is 2.54. The molecule has 14 heavy (non-hydrogen) atoms. The molecule has 8 heteroatoms. The van der Waals surface area contributed by atoms with Gasteiger partial charge < -0.3 is 10.8 Å². The number of anilines is 1. The Kier molecular flexibility index (Phi) is 5.37. The Balaban J connectivity index is 0.00000169. The number of hydrogen-bond acceptors (Lipinski definition) is 4. The molecule has 3 N–H and O–H groups in total. The number of nitrogens with two attached hydrogens (primary N) is 1. The van der Waals surface area contributed by atoms with Gasteiger partial charge in [-0.05, 0) is 12.1 Å². The topological polar surface area (TPSA) is 103 Å². The zero-order chi connectivity index (χ0) is 10.2. The monoisotopic (exact) mass is 261 g/mol. The number of benzene rings is 1. The summed E-state index contributed by atoms with van der Waals surface area (Å²) in [6, 6.07) is 1.65. The number of nitrogen functional groups attached to an aromatic ring is 1. The van der Waals surface area contributed by atoms with E-state index in [9.17, 15) is 13.5 Å². The molecule has 1 aromatic carbocycles. The van der Waals surface area contributed by atoms with E-state index in [0.29, 0.717) is 0 Å². The smallest absolute Gasteiger partial charge is 0.871 e. The molecule has 1 aromatic rings. The third kappa shape index (κ3) is 3.35. The summed E-state index contributed by atoms with van der Waals surface area (Å²) in [4.78, 5) is -0.769. The van der Waals surface area contributed by atoms with Crippen molar-refractivity contribution in [2.75, 3.05) is 5.73 Å². The summed E-state index contributed by atoms with van der Waals surface area (Å²) < 4.78 is 29.7. The van der Waals surface area contributed by atoms with Gasteiger partial charge >= 0.3 is 51.4 Å². The van der Waals surface area contributed by atoms with Crippen molar-refractivity contribution in [3.63, 3.8) is 0 Å². The van der Waals surface area contributed by atoms with Gasteiger partial charge in [0.15, 0.2) is 0 Å². The fraction of sp³-hybridized carbons (Fsp3) is 0. The van der Waals surface area contributed by atoms with Crippen molar-refractivity contribution >= 4 is 27.4 Å². The van der Waals surface area contributed by atoms with E-state index in [1.54, 1.807) is 0 Å². The van der Waals surface area contributed by atoms with Crippen LogP contribution in [-0.2, 0) is 10.1 Å². The summed E-state index contributed by atoms with van der Waals surface area (Å²) in [5.74, 6) is -0.887. The molecule has 0 heterocycles. The van der Waals surface area contributed by atoms with Crippen LogP contribution < -0.4 is 62.2 Å². The zero-order valence-corrected chi connectivity index (χ0v) is 11.9. The van der Waals surface area contributed by atoms with Crippen LogP contribution in [0.3, 0.4) is 0 Å². The standard InChI is InChI=1S/C6H6ClNO4S.K/c7-3-1-5(9)6(2-4(3)8)13(10,11)12;/h1-2,9H,8H2,(H,10,11,12);/q;+1/p-1. The summed E-state index contributed by atoms with van der Waals surface area (Å²) in [5, 5.41) is 10.9. The quantitative estimate of drug-likeness (QED) is 0.324. The Bertz CT molecular complexity index is 447. The van der Waals surface area contributed by atoms with E-state index in [-0.39, 0.29) is 62.1 Å². The molecule has 0 radical (unpaired) electrons. The molecule has 0 unspecified atom stereocenters. The van der Waals surface area contributed by atoms with Gasteiger partial charge in [0.05, 0.1) is 15.6 Å². The summed E-state index contributed by atoms with van der Waals surface area (Å²) in [6.45, 7) is 0. The molecule has 0 spiro atoms. The van der Waals surface area contributed by atoms with E-state index >= 15 is 0 Å². The van der Waals surface area contributed by atoms with Gasteiger partial charge in [-0.2, -0.15) is 8.42 Å². The van der Waals surface area contributed by atoms with E-state index in [0.717, 1.165) is 12.1 Å². The molecule has 0 fully saturated rings. The molecule has 5 nitrogen and oxygen atoms in total. The van der Waals surface area contributed by atoms with Crippen LogP contribution in [-0.4, -0.2) is 13.0 Å². The van der Waals surface area contributed by atoms with Crippen LogP contribution in [0.25, 0.3) is 0 Å². The maximum atomic E-state index is 11.0. The number of halogens is 1. The fourth-order valence-electron chi connectivity index (χ4n) is 0.752. The molecule has 0 aliphatic heterocycles. The van der Waals surface area contributed by atoms with Gasteiger partial charge in [-0.25, -0.2) is 0 Å². The minimum atomic E-state index is -4.52. The molecule has 0 amide bonds. The summed E-state index contributed by atoms with van der Waals surface area (Å²) in [6.07, 6.45) is 0. The average Bonchev–Trinajstić information content (AvgIpc) is 1.94. The summed E-state index contributed by atoms with van der Waals surface area (Å²) >= 11 is 5.43. The SMILES string of the molecule is Nc1cc(S(=O)(=O)O)c([O-])cc1Cl.[K+]. The normalized spacial score (nSPS) is 10.7. The van der Waals surface area contributed by atoms with Gasteiger partial charge in [0.1, 0.15) is 0 Å². The predicted octanol–water partition coefficient (Wildman–Crippen LogP) is -2.75. The average molecular weight is 262 g/mol. The van der Waals surface area contributed by atoms with Crippen molar-refractivity contribution in [1.29, 1.82) is 0 Å². The Hall–Kier alpha value is 0.656. The zero-order valence-electron chi connectivity index (χ0n) is 7.19. The fourth-order valence-corrected chi connectivity index (χ4v) is 1.50. The number of hydrogen-bond donors (Lipinski definition) is 2. The van der Waals surface area contributed by atoms with E-state index in [1.165, 1.54) is 0 Å². The first-order valence-corrected chi connectivity index (χ1v) is 4.87. The van der Waals surface area contributed by atoms with E-state index in [4.69, 9.17) is 21.9 Å². The molecule has 0 saturated heterocycles. The maximum absolute atomic E-state index is 11.0. The minimum Gasteiger partial charge on any atom is -0.871 e. The first kappa shape index (κ1) is 14.7. The Labute approximate surface area is 128 Å². The van der Waals surface area contributed by atoms with Crippen LogP contribution in [0.1, 0.15) is 0 Å². The molecule has 0 aliphatic carbocycles. The molecule has 0 aliphatic rings. The minimum absolute atomic E-state index is 0. The second-order valence-corrected chi connectivity index (χ2v) is 4.09. The molecular formula is C6H5ClKNO4S. The van der Waals surface area contributed by atoms with Gasteiger partial charge in [0.25, 0.3) is 10.1 Å². The van der Waals surface area contributed by atoms with Crippen molar-refractivity contribution < 1.29 is 69.5 Å². The van der Waals surface area contributed by atoms with Gasteiger partial charge in [-0.1, -0.05) is 17.4 Å². The van der Waals surface area contributed by atoms with Crippen LogP contribution in [0.15, 0.2) is 17.0 Å². The van der Waals surface area contributed by atoms with Crippen molar-refractivity contribution in [3.05, 3.63) is 17.2 Å². The molecule has 72 valence electrons. The molecule has 0 saturated carbocycles. The molecular weight excluding hydrogens is 257 g/mol. The molecule has 0 atom stereocenters. The first-order valence-electron chi connectivity index (χ1n) is 3.06. The Morgan fingerprint density at radius 3 is 2.36 bits per heavy atom. The van der Waals surface area contributed by atoms with Crippen LogP contribution in [0.5, 0.6) is 5.75 Å². The van der Waals surface area contributed by atoms with Gasteiger partial charge in [-0.15, -0.1) is 0 Å². The van der Waals surface area contributed by atoms with Crippen molar-refractivity contribution in [1.82, 2.24) is 0 Å². The summed E-state index contributed by atoms with van der Waals surface area (Å²) in [5.41, 5.74) is 5.16. The summed E-state index contributed by atoms with van der Waals surface area (Å²) in [7, 11) is -4.52. The van der Waals surface area contributed by atoms with Crippen LogP contribution in [0.2, 0.25) is 5.02 Å². The van der Waals surface area contributed by atoms with E-state index < -0.39 is 20.8 Å². The molecule has 1 rings (SSSR count).